The lowest BCUT2D eigenvalue weighted by Gasteiger charge is -2.26. The number of benzene rings is 2. The SMILES string of the molecule is NC(=O)[C@H](CCC(=O)O)N1Cc2c(OCc3ccc(CN4CCOCC4)cc3)cccc2C1=O. The predicted octanol–water partition coefficient (Wildman–Crippen LogP) is 1.77. The number of carbonyl (C=O) groups is 3. The van der Waals surface area contributed by atoms with E-state index in [2.05, 4.69) is 17.0 Å². The zero-order valence-corrected chi connectivity index (χ0v) is 18.9. The minimum atomic E-state index is -1.05. The van der Waals surface area contributed by atoms with Crippen LogP contribution in [0.3, 0.4) is 0 Å². The molecule has 0 bridgehead atoms. The Bertz CT molecular complexity index is 1050. The number of nitrogens with zero attached hydrogens (tertiary/aromatic N) is 2. The lowest BCUT2D eigenvalue weighted by Crippen LogP contribution is -2.45. The van der Waals surface area contributed by atoms with Gasteiger partial charge < -0.3 is 25.2 Å². The minimum Gasteiger partial charge on any atom is -0.489 e. The van der Waals surface area contributed by atoms with Gasteiger partial charge in [0.25, 0.3) is 5.91 Å². The number of carbonyl (C=O) groups excluding carboxylic acids is 2. The third-order valence-corrected chi connectivity index (χ3v) is 6.22. The summed E-state index contributed by atoms with van der Waals surface area (Å²) >= 11 is 0. The van der Waals surface area contributed by atoms with Gasteiger partial charge >= 0.3 is 5.97 Å². The second-order valence-electron chi connectivity index (χ2n) is 8.56. The van der Waals surface area contributed by atoms with Gasteiger partial charge in [-0.05, 0) is 29.7 Å². The fourth-order valence-electron chi connectivity index (χ4n) is 4.34. The number of hydrogen-bond acceptors (Lipinski definition) is 6. The first kappa shape index (κ1) is 23.7. The summed E-state index contributed by atoms with van der Waals surface area (Å²) in [5, 5.41) is 8.97. The molecule has 1 fully saturated rings. The Balaban J connectivity index is 1.40. The van der Waals surface area contributed by atoms with Gasteiger partial charge in [-0.3, -0.25) is 19.3 Å². The second-order valence-corrected chi connectivity index (χ2v) is 8.56. The first-order chi connectivity index (χ1) is 16.4. The van der Waals surface area contributed by atoms with Crippen LogP contribution in [0.4, 0.5) is 0 Å². The number of carboxylic acids is 1. The molecule has 0 saturated carbocycles. The smallest absolute Gasteiger partial charge is 0.303 e. The van der Waals surface area contributed by atoms with Gasteiger partial charge in [0.2, 0.25) is 5.91 Å². The summed E-state index contributed by atoms with van der Waals surface area (Å²) in [6.07, 6.45) is -0.282. The van der Waals surface area contributed by atoms with E-state index >= 15 is 0 Å². The molecule has 180 valence electrons. The van der Waals surface area contributed by atoms with E-state index in [1.165, 1.54) is 10.5 Å². The normalized spacial score (nSPS) is 16.8. The average molecular weight is 468 g/mol. The topological polar surface area (TPSA) is 122 Å². The van der Waals surface area contributed by atoms with Gasteiger partial charge in [0.1, 0.15) is 18.4 Å². The molecule has 2 heterocycles. The van der Waals surface area contributed by atoms with Crippen molar-refractivity contribution in [1.29, 1.82) is 0 Å². The van der Waals surface area contributed by atoms with Crippen LogP contribution in [0.5, 0.6) is 5.75 Å². The molecule has 2 aromatic rings. The minimum absolute atomic E-state index is 0.0304. The van der Waals surface area contributed by atoms with Gasteiger partial charge in [0.05, 0.1) is 19.8 Å². The molecule has 1 saturated heterocycles. The quantitative estimate of drug-likeness (QED) is 0.546. The molecule has 0 aromatic heterocycles. The number of aliphatic carboxylic acids is 1. The van der Waals surface area contributed by atoms with Crippen molar-refractivity contribution in [2.75, 3.05) is 26.3 Å². The monoisotopic (exact) mass is 467 g/mol. The Morgan fingerprint density at radius 3 is 2.47 bits per heavy atom. The molecule has 2 aliphatic rings. The van der Waals surface area contributed by atoms with Crippen LogP contribution >= 0.6 is 0 Å². The van der Waals surface area contributed by atoms with Gasteiger partial charge in [-0.25, -0.2) is 0 Å². The Kier molecular flexibility index (Phi) is 7.44. The number of rotatable bonds is 10. The van der Waals surface area contributed by atoms with Crippen molar-refractivity contribution in [3.8, 4) is 5.75 Å². The molecule has 0 aliphatic carbocycles. The summed E-state index contributed by atoms with van der Waals surface area (Å²) in [5.41, 5.74) is 8.83. The van der Waals surface area contributed by atoms with Crippen molar-refractivity contribution in [3.05, 3.63) is 64.7 Å². The van der Waals surface area contributed by atoms with E-state index in [4.69, 9.17) is 20.3 Å². The van der Waals surface area contributed by atoms with E-state index in [0.717, 1.165) is 38.4 Å². The van der Waals surface area contributed by atoms with Crippen LogP contribution < -0.4 is 10.5 Å². The predicted molar refractivity (Wildman–Crippen MR) is 123 cm³/mol. The molecule has 34 heavy (non-hydrogen) atoms. The van der Waals surface area contributed by atoms with Gasteiger partial charge in [0, 0.05) is 37.2 Å². The van der Waals surface area contributed by atoms with E-state index in [1.807, 2.05) is 12.1 Å². The first-order valence-electron chi connectivity index (χ1n) is 11.4. The zero-order chi connectivity index (χ0) is 24.1. The van der Waals surface area contributed by atoms with Crippen molar-refractivity contribution >= 4 is 17.8 Å². The van der Waals surface area contributed by atoms with Crippen LogP contribution in [0, 0.1) is 0 Å². The number of ether oxygens (including phenoxy) is 2. The summed E-state index contributed by atoms with van der Waals surface area (Å²) in [4.78, 5) is 39.5. The van der Waals surface area contributed by atoms with Crippen molar-refractivity contribution < 1.29 is 29.0 Å². The molecular formula is C25H29N3O6. The summed E-state index contributed by atoms with van der Waals surface area (Å²) < 4.78 is 11.4. The van der Waals surface area contributed by atoms with Crippen LogP contribution in [0.25, 0.3) is 0 Å². The number of primary amides is 1. The highest BCUT2D eigenvalue weighted by molar-refractivity contribution is 6.01. The molecule has 3 N–H and O–H groups in total. The standard InChI is InChI=1S/C25H29N3O6/c26-24(31)21(8-9-23(29)30)28-15-20-19(25(28)32)2-1-3-22(20)34-16-18-6-4-17(5-7-18)14-27-10-12-33-13-11-27/h1-7,21H,8-16H2,(H2,26,31)(H,29,30)/t21-/m0/s1. The van der Waals surface area contributed by atoms with Crippen LogP contribution in [0.1, 0.15) is 39.9 Å². The Labute approximate surface area is 198 Å². The molecule has 2 amide bonds. The fourth-order valence-corrected chi connectivity index (χ4v) is 4.34. The molecule has 9 heteroatoms. The first-order valence-corrected chi connectivity index (χ1v) is 11.4. The molecule has 2 aliphatic heterocycles. The molecule has 0 radical (unpaired) electrons. The summed E-state index contributed by atoms with van der Waals surface area (Å²) in [6.45, 7) is 4.79. The highest BCUT2D eigenvalue weighted by Crippen LogP contribution is 2.33. The zero-order valence-electron chi connectivity index (χ0n) is 18.9. The van der Waals surface area contributed by atoms with Crippen LogP contribution in [-0.4, -0.2) is 65.0 Å². The largest absolute Gasteiger partial charge is 0.489 e. The second kappa shape index (κ2) is 10.7. The van der Waals surface area contributed by atoms with Crippen molar-refractivity contribution in [2.24, 2.45) is 5.73 Å². The number of morpholine rings is 1. The third kappa shape index (κ3) is 5.55. The number of carboxylic acid groups (broad SMARTS) is 1. The maximum Gasteiger partial charge on any atom is 0.303 e. The highest BCUT2D eigenvalue weighted by atomic mass is 16.5. The van der Waals surface area contributed by atoms with Crippen LogP contribution in [0.2, 0.25) is 0 Å². The third-order valence-electron chi connectivity index (χ3n) is 6.22. The van der Waals surface area contributed by atoms with Crippen LogP contribution in [0.15, 0.2) is 42.5 Å². The van der Waals surface area contributed by atoms with Gasteiger partial charge in [-0.15, -0.1) is 0 Å². The summed E-state index contributed by atoms with van der Waals surface area (Å²) in [5.74, 6) is -1.55. The molecule has 9 nitrogen and oxygen atoms in total. The average Bonchev–Trinajstić information content (AvgIpc) is 3.16. The lowest BCUT2D eigenvalue weighted by atomic mass is 10.1. The van der Waals surface area contributed by atoms with Gasteiger partial charge in [-0.2, -0.15) is 0 Å². The fraction of sp³-hybridized carbons (Fsp3) is 0.400. The van der Waals surface area contributed by atoms with Crippen molar-refractivity contribution in [1.82, 2.24) is 9.80 Å². The van der Waals surface area contributed by atoms with E-state index < -0.39 is 17.9 Å². The summed E-state index contributed by atoms with van der Waals surface area (Å²) in [7, 11) is 0. The molecule has 0 spiro atoms. The lowest BCUT2D eigenvalue weighted by molar-refractivity contribution is -0.137. The molecular weight excluding hydrogens is 438 g/mol. The van der Waals surface area contributed by atoms with E-state index in [9.17, 15) is 14.4 Å². The molecule has 4 rings (SSSR count). The van der Waals surface area contributed by atoms with Gasteiger partial charge in [-0.1, -0.05) is 30.3 Å². The Morgan fingerprint density at radius 1 is 1.09 bits per heavy atom. The molecule has 1 atom stereocenters. The van der Waals surface area contributed by atoms with Crippen LogP contribution in [-0.2, 0) is 34.0 Å². The molecule has 0 unspecified atom stereocenters. The van der Waals surface area contributed by atoms with Crippen molar-refractivity contribution in [3.63, 3.8) is 0 Å². The van der Waals surface area contributed by atoms with Gasteiger partial charge in [0.15, 0.2) is 0 Å². The number of hydrogen-bond donors (Lipinski definition) is 2. The van der Waals surface area contributed by atoms with E-state index in [-0.39, 0.29) is 25.3 Å². The summed E-state index contributed by atoms with van der Waals surface area (Å²) in [6, 6.07) is 12.5. The number of fused-ring (bicyclic) bond motifs is 1. The van der Waals surface area contributed by atoms with E-state index in [1.54, 1.807) is 18.2 Å². The maximum atomic E-state index is 12.9. The van der Waals surface area contributed by atoms with E-state index in [0.29, 0.717) is 23.5 Å². The Morgan fingerprint density at radius 2 is 1.79 bits per heavy atom. The number of amides is 2. The van der Waals surface area contributed by atoms with Crippen molar-refractivity contribution in [2.45, 2.75) is 38.6 Å². The number of nitrogens with two attached hydrogens (primary N) is 1. The molecule has 2 aromatic carbocycles. The Hall–Kier alpha value is -3.43. The maximum absolute atomic E-state index is 12.9. The highest BCUT2D eigenvalue weighted by Gasteiger charge is 2.37.